The number of halogens is 2. The summed E-state index contributed by atoms with van der Waals surface area (Å²) >= 11 is -4.02. The summed E-state index contributed by atoms with van der Waals surface area (Å²) in [5.41, 5.74) is 11.7. The quantitative estimate of drug-likeness (QED) is 0.146. The van der Waals surface area contributed by atoms with Crippen molar-refractivity contribution < 1.29 is 17.1 Å². The smallest absolute Gasteiger partial charge is 0.147 e. The van der Waals surface area contributed by atoms with Gasteiger partial charge in [-0.1, -0.05) is 0 Å². The van der Waals surface area contributed by atoms with Gasteiger partial charge in [-0.15, -0.1) is 24.8 Å². The Hall–Kier alpha value is -2.58. The number of benzene rings is 6. The van der Waals surface area contributed by atoms with Crippen LogP contribution in [0.3, 0.4) is 0 Å². The molecule has 0 heterocycles. The molecule has 0 aromatic heterocycles. The van der Waals surface area contributed by atoms with Crippen LogP contribution in [0, 0.1) is 0 Å². The number of hydrogen-bond acceptors (Lipinski definition) is 0. The number of fused-ring (bicyclic) bond motifs is 4. The second-order valence-corrected chi connectivity index (χ2v) is 71.8. The third-order valence-electron chi connectivity index (χ3n) is 11.9. The van der Waals surface area contributed by atoms with Crippen LogP contribution in [0.4, 0.5) is 0 Å². The fraction of sp³-hybridized carbons (Fsp3) is 0.217. The van der Waals surface area contributed by atoms with E-state index in [2.05, 4.69) is 189 Å². The summed E-state index contributed by atoms with van der Waals surface area (Å²) in [6, 6.07) is 46.1. The molecule has 6 aromatic carbocycles. The standard InChI is InChI=1S/2C22H21Si.2CH3.2ClH.Hf.H2Si/c2*1-23(2,3)18-14-17-10-7-13-21(22(17)15-18)20-12-6-9-16-8-4-5-11-19(16)20;;;;;;/h2*4-15H,1-3H3;2*1H3;2*1H;;1H2. The van der Waals surface area contributed by atoms with Gasteiger partial charge in [0.15, 0.2) is 0 Å². The Balaban J connectivity index is 0.00000232. The average Bonchev–Trinajstić information content (AvgIpc) is 3.70. The van der Waals surface area contributed by atoms with Crippen molar-refractivity contribution in [1.82, 2.24) is 0 Å². The molecule has 0 radical (unpaired) electrons. The Morgan fingerprint density at radius 2 is 0.769 bits per heavy atom. The molecule has 0 N–H and O–H groups in total. The van der Waals surface area contributed by atoms with E-state index in [1.807, 2.05) is 0 Å². The summed E-state index contributed by atoms with van der Waals surface area (Å²) in [5.74, 6) is 0. The molecule has 0 spiro atoms. The Kier molecular flexibility index (Phi) is 10.2. The predicted molar refractivity (Wildman–Crippen MR) is 242 cm³/mol. The van der Waals surface area contributed by atoms with E-state index in [0.29, 0.717) is 7.35 Å². The molecule has 0 saturated heterocycles. The first kappa shape index (κ1) is 39.1. The van der Waals surface area contributed by atoms with E-state index < -0.39 is 33.3 Å². The summed E-state index contributed by atoms with van der Waals surface area (Å²) in [5, 5.41) is 8.89. The summed E-state index contributed by atoms with van der Waals surface area (Å²) in [6.07, 6.45) is 5.42. The Labute approximate surface area is 328 Å². The molecule has 2 atom stereocenters. The van der Waals surface area contributed by atoms with Crippen LogP contribution in [0.5, 0.6) is 0 Å². The molecule has 266 valence electrons. The number of hydrogen-bond donors (Lipinski definition) is 0. The van der Waals surface area contributed by atoms with Gasteiger partial charge < -0.3 is 0 Å². The molecule has 6 aromatic rings. The zero-order chi connectivity index (χ0) is 35.2. The first-order chi connectivity index (χ1) is 23.6. The minimum atomic E-state index is -4.02. The van der Waals surface area contributed by atoms with Gasteiger partial charge >= 0.3 is 306 Å². The molecular weight excluding hydrogens is 886 g/mol. The monoisotopic (exact) mass is 938 g/mol. The first-order valence-corrected chi connectivity index (χ1v) is 45.0. The second-order valence-electron chi connectivity index (χ2n) is 18.2. The van der Waals surface area contributed by atoms with Crippen LogP contribution in [0.25, 0.3) is 56.0 Å². The normalized spacial score (nSPS) is 17.2. The van der Waals surface area contributed by atoms with Gasteiger partial charge in [0, 0.05) is 0 Å². The van der Waals surface area contributed by atoms with Crippen LogP contribution in [0.15, 0.2) is 132 Å². The first-order valence-electron chi connectivity index (χ1n) is 18.4. The third-order valence-corrected chi connectivity index (χ3v) is 43.1. The number of rotatable bonds is 6. The molecule has 0 bridgehead atoms. The van der Waals surface area contributed by atoms with Gasteiger partial charge in [0.2, 0.25) is 0 Å². The maximum atomic E-state index is 2.85. The summed E-state index contributed by atoms with van der Waals surface area (Å²) in [7, 11) is -3.42. The van der Waals surface area contributed by atoms with Crippen molar-refractivity contribution in [3.8, 4) is 22.3 Å². The van der Waals surface area contributed by atoms with Gasteiger partial charge in [-0.2, -0.15) is 0 Å². The van der Waals surface area contributed by atoms with Gasteiger partial charge in [-0.25, -0.2) is 0 Å². The van der Waals surface area contributed by atoms with Crippen LogP contribution in [0.1, 0.15) is 29.6 Å². The topological polar surface area (TPSA) is 0 Å². The van der Waals surface area contributed by atoms with Crippen molar-refractivity contribution in [2.75, 3.05) is 0 Å². The molecule has 6 heteroatoms. The van der Waals surface area contributed by atoms with Crippen LogP contribution in [-0.2, 0) is 17.1 Å². The van der Waals surface area contributed by atoms with Crippen LogP contribution < -0.4 is 0 Å². The Morgan fingerprint density at radius 3 is 1.15 bits per heavy atom. The zero-order valence-corrected chi connectivity index (χ0v) is 40.5. The van der Waals surface area contributed by atoms with Gasteiger partial charge in [0.25, 0.3) is 0 Å². The molecule has 2 aliphatic carbocycles. The van der Waals surface area contributed by atoms with Crippen molar-refractivity contribution in [1.29, 1.82) is 0 Å². The molecule has 8 rings (SSSR count). The van der Waals surface area contributed by atoms with Crippen molar-refractivity contribution >= 4 is 81.6 Å². The second kappa shape index (κ2) is 13.6. The molecule has 0 nitrogen and oxygen atoms in total. The summed E-state index contributed by atoms with van der Waals surface area (Å²) in [4.78, 5) is 0. The van der Waals surface area contributed by atoms with Crippen molar-refractivity contribution in [2.45, 2.75) is 56.0 Å². The average molecular weight is 939 g/mol. The maximum absolute atomic E-state index is 4.02. The maximum Gasteiger partial charge on any atom is -0.147 e. The SMILES string of the molecule is C[Si](C)(C)C1=Cc2c(-c3cccc4ccccc34)cccc2[CH]1[Hf]([CH3])([CH3])(=[SiH2])[CH]1C([Si](C)(C)C)=Cc2c(-c3cccc4ccccc34)cccc21.Cl.Cl. The molecule has 0 amide bonds. The molecule has 2 unspecified atom stereocenters. The predicted octanol–water partition coefficient (Wildman–Crippen LogP) is 13.8. The fourth-order valence-corrected chi connectivity index (χ4v) is 58.8. The fourth-order valence-electron chi connectivity index (χ4n) is 9.70. The largest absolute Gasteiger partial charge is 0.147 e. The molecule has 0 aliphatic heterocycles. The summed E-state index contributed by atoms with van der Waals surface area (Å²) < 4.78 is 6.76. The van der Waals surface area contributed by atoms with Gasteiger partial charge in [0.05, 0.1) is 0 Å². The minimum absolute atomic E-state index is 0. The van der Waals surface area contributed by atoms with Crippen molar-refractivity contribution in [3.05, 3.63) is 154 Å². The van der Waals surface area contributed by atoms with E-state index in [1.54, 1.807) is 21.5 Å². The van der Waals surface area contributed by atoms with E-state index in [0.717, 1.165) is 0 Å². The van der Waals surface area contributed by atoms with E-state index in [9.17, 15) is 0 Å². The molecule has 0 fully saturated rings. The van der Waals surface area contributed by atoms with Gasteiger partial charge in [-0.3, -0.25) is 0 Å². The van der Waals surface area contributed by atoms with Crippen molar-refractivity contribution in [3.63, 3.8) is 0 Å². The van der Waals surface area contributed by atoms with E-state index in [4.69, 9.17) is 0 Å². The zero-order valence-electron chi connectivity index (χ0n) is 31.9. The van der Waals surface area contributed by atoms with Gasteiger partial charge in [-0.05, 0) is 0 Å². The Bertz CT molecular complexity index is 2330. The van der Waals surface area contributed by atoms with Crippen LogP contribution in [0.2, 0.25) is 48.6 Å². The molecular formula is C46H52Cl2HfSi3. The minimum Gasteiger partial charge on any atom is -0.147 e. The Morgan fingerprint density at radius 1 is 0.442 bits per heavy atom. The van der Waals surface area contributed by atoms with E-state index >= 15 is 0 Å². The molecule has 52 heavy (non-hydrogen) atoms. The van der Waals surface area contributed by atoms with Crippen LogP contribution in [-0.4, -0.2) is 23.1 Å². The molecule has 2 aliphatic rings. The van der Waals surface area contributed by atoms with Crippen LogP contribution >= 0.6 is 24.8 Å². The van der Waals surface area contributed by atoms with E-state index in [1.165, 1.54) is 54.9 Å². The number of allylic oxidation sites excluding steroid dienone is 2. The molecule has 0 saturated carbocycles. The van der Waals surface area contributed by atoms with Gasteiger partial charge in [0.1, 0.15) is 0 Å². The summed E-state index contributed by atoms with van der Waals surface area (Å²) in [6.45, 7) is 18.1. The third kappa shape index (κ3) is 6.29. The van der Waals surface area contributed by atoms with Crippen molar-refractivity contribution in [2.24, 2.45) is 0 Å². The van der Waals surface area contributed by atoms with E-state index in [-0.39, 0.29) is 24.8 Å².